The number of carbonyl (C=O) groups excluding carboxylic acids is 1. The summed E-state index contributed by atoms with van der Waals surface area (Å²) in [5, 5.41) is 4.22. The van der Waals surface area contributed by atoms with Gasteiger partial charge >= 0.3 is 0 Å². The minimum absolute atomic E-state index is 0. The normalized spacial score (nSPS) is 30.2. The average molecular weight is 379 g/mol. The van der Waals surface area contributed by atoms with Gasteiger partial charge in [0.05, 0.1) is 19.3 Å². The molecular weight excluding hydrogens is 351 g/mol. The quantitative estimate of drug-likeness (QED) is 0.851. The van der Waals surface area contributed by atoms with Crippen molar-refractivity contribution in [2.45, 2.75) is 44.2 Å². The van der Waals surface area contributed by atoms with E-state index >= 15 is 0 Å². The highest BCUT2D eigenvalue weighted by Gasteiger charge is 2.39. The number of ether oxygens (including phenoxy) is 1. The number of hydrogen-bond acceptors (Lipinski definition) is 4. The Balaban J connectivity index is 0.00000144. The molecule has 1 amide bonds. The molecule has 138 valence electrons. The van der Waals surface area contributed by atoms with Crippen LogP contribution in [0.4, 0.5) is 0 Å². The standard InChI is InChI=1S/C16H26N4O2.2ClH/c1-16(13-9-18-19(2)10-13)11-20(6-7-22-16)15(21)12-4-3-5-14(17)8-12;;/h9-10,12,14H,3-8,11,17H2,1-2H3;2*1H. The lowest BCUT2D eigenvalue weighted by molar-refractivity contribution is -0.154. The van der Waals surface area contributed by atoms with Crippen molar-refractivity contribution in [3.05, 3.63) is 18.0 Å². The van der Waals surface area contributed by atoms with Gasteiger partial charge in [0.25, 0.3) is 0 Å². The minimum atomic E-state index is -0.473. The summed E-state index contributed by atoms with van der Waals surface area (Å²) in [7, 11) is 1.89. The van der Waals surface area contributed by atoms with Crippen molar-refractivity contribution in [1.82, 2.24) is 14.7 Å². The molecule has 1 aliphatic heterocycles. The van der Waals surface area contributed by atoms with E-state index in [1.54, 1.807) is 4.68 Å². The molecule has 8 heteroatoms. The van der Waals surface area contributed by atoms with Gasteiger partial charge in [-0.05, 0) is 26.2 Å². The van der Waals surface area contributed by atoms with Gasteiger partial charge in [0, 0.05) is 37.3 Å². The molecule has 1 saturated carbocycles. The first-order valence-corrected chi connectivity index (χ1v) is 8.15. The van der Waals surface area contributed by atoms with Crippen LogP contribution in [-0.2, 0) is 22.2 Å². The van der Waals surface area contributed by atoms with Crippen LogP contribution in [0.1, 0.15) is 38.2 Å². The van der Waals surface area contributed by atoms with E-state index in [0.29, 0.717) is 19.7 Å². The summed E-state index contributed by atoms with van der Waals surface area (Å²) in [6.07, 6.45) is 7.67. The third-order valence-electron chi connectivity index (χ3n) is 4.97. The Morgan fingerprint density at radius 1 is 1.42 bits per heavy atom. The topological polar surface area (TPSA) is 73.4 Å². The van der Waals surface area contributed by atoms with Crippen molar-refractivity contribution >= 4 is 30.7 Å². The summed E-state index contributed by atoms with van der Waals surface area (Å²) in [6.45, 7) is 3.86. The molecule has 6 nitrogen and oxygen atoms in total. The van der Waals surface area contributed by atoms with Crippen molar-refractivity contribution in [2.24, 2.45) is 18.7 Å². The molecule has 2 fully saturated rings. The molecular formula is C16H28Cl2N4O2. The Hall–Kier alpha value is -0.820. The number of amides is 1. The van der Waals surface area contributed by atoms with Crippen molar-refractivity contribution in [3.63, 3.8) is 0 Å². The molecule has 1 saturated heterocycles. The fraction of sp³-hybridized carbons (Fsp3) is 0.750. The molecule has 1 aliphatic carbocycles. The first kappa shape index (κ1) is 21.2. The summed E-state index contributed by atoms with van der Waals surface area (Å²) < 4.78 is 7.75. The lowest BCUT2D eigenvalue weighted by Gasteiger charge is -2.42. The van der Waals surface area contributed by atoms with Gasteiger partial charge in [-0.1, -0.05) is 6.42 Å². The van der Waals surface area contributed by atoms with Crippen LogP contribution in [0.2, 0.25) is 0 Å². The lowest BCUT2D eigenvalue weighted by Crippen LogP contribution is -2.52. The fourth-order valence-electron chi connectivity index (χ4n) is 3.64. The summed E-state index contributed by atoms with van der Waals surface area (Å²) in [5.41, 5.74) is 6.58. The van der Waals surface area contributed by atoms with Crippen molar-refractivity contribution in [1.29, 1.82) is 0 Å². The third-order valence-corrected chi connectivity index (χ3v) is 4.97. The van der Waals surface area contributed by atoms with Crippen LogP contribution in [0.3, 0.4) is 0 Å². The summed E-state index contributed by atoms with van der Waals surface area (Å²) >= 11 is 0. The second-order valence-corrected chi connectivity index (χ2v) is 6.87. The number of aromatic nitrogens is 2. The largest absolute Gasteiger partial charge is 0.367 e. The number of nitrogens with two attached hydrogens (primary N) is 1. The number of aryl methyl sites for hydroxylation is 1. The monoisotopic (exact) mass is 378 g/mol. The number of rotatable bonds is 2. The second kappa shape index (κ2) is 8.52. The Kier molecular flexibility index (Phi) is 7.53. The van der Waals surface area contributed by atoms with Crippen LogP contribution in [0, 0.1) is 5.92 Å². The van der Waals surface area contributed by atoms with Crippen LogP contribution in [0.25, 0.3) is 0 Å². The molecule has 2 N–H and O–H groups in total. The van der Waals surface area contributed by atoms with Gasteiger partial charge < -0.3 is 15.4 Å². The maximum absolute atomic E-state index is 12.8. The van der Waals surface area contributed by atoms with Gasteiger partial charge in [0.15, 0.2) is 0 Å². The maximum Gasteiger partial charge on any atom is 0.225 e. The molecule has 3 rings (SSSR count). The van der Waals surface area contributed by atoms with Crippen LogP contribution < -0.4 is 5.73 Å². The SMILES string of the molecule is Cl.Cl.Cn1cc(C2(C)CN(C(=O)C3CCCC(N)C3)CCO2)cn1. The smallest absolute Gasteiger partial charge is 0.225 e. The minimum Gasteiger partial charge on any atom is -0.367 e. The lowest BCUT2D eigenvalue weighted by atomic mass is 9.84. The highest BCUT2D eigenvalue weighted by Crippen LogP contribution is 2.31. The van der Waals surface area contributed by atoms with Gasteiger partial charge in [-0.15, -0.1) is 24.8 Å². The van der Waals surface area contributed by atoms with Crippen LogP contribution in [0.5, 0.6) is 0 Å². The molecule has 3 atom stereocenters. The van der Waals surface area contributed by atoms with Gasteiger partial charge in [-0.25, -0.2) is 0 Å². The molecule has 0 spiro atoms. The Labute approximate surface area is 155 Å². The zero-order chi connectivity index (χ0) is 15.7. The number of carbonyl (C=O) groups is 1. The van der Waals surface area contributed by atoms with E-state index in [4.69, 9.17) is 10.5 Å². The van der Waals surface area contributed by atoms with Crippen LogP contribution in [-0.4, -0.2) is 46.3 Å². The molecule has 0 radical (unpaired) electrons. The number of morpholine rings is 1. The molecule has 0 aromatic carbocycles. The summed E-state index contributed by atoms with van der Waals surface area (Å²) in [4.78, 5) is 14.8. The van der Waals surface area contributed by atoms with E-state index in [9.17, 15) is 4.79 Å². The molecule has 1 aromatic heterocycles. The first-order valence-electron chi connectivity index (χ1n) is 8.15. The summed E-state index contributed by atoms with van der Waals surface area (Å²) in [5.74, 6) is 0.327. The van der Waals surface area contributed by atoms with E-state index in [1.807, 2.05) is 31.3 Å². The fourth-order valence-corrected chi connectivity index (χ4v) is 3.64. The van der Waals surface area contributed by atoms with Crippen LogP contribution in [0.15, 0.2) is 12.4 Å². The van der Waals surface area contributed by atoms with Crippen molar-refractivity contribution in [3.8, 4) is 0 Å². The highest BCUT2D eigenvalue weighted by molar-refractivity contribution is 5.85. The number of halogens is 2. The zero-order valence-corrected chi connectivity index (χ0v) is 15.9. The maximum atomic E-state index is 12.8. The molecule has 2 heterocycles. The molecule has 24 heavy (non-hydrogen) atoms. The van der Waals surface area contributed by atoms with Gasteiger partial charge in [-0.3, -0.25) is 9.48 Å². The number of hydrogen-bond donors (Lipinski definition) is 1. The van der Waals surface area contributed by atoms with Crippen molar-refractivity contribution in [2.75, 3.05) is 19.7 Å². The Bertz CT molecular complexity index is 554. The zero-order valence-electron chi connectivity index (χ0n) is 14.3. The average Bonchev–Trinajstić information content (AvgIpc) is 2.94. The van der Waals surface area contributed by atoms with E-state index in [-0.39, 0.29) is 42.7 Å². The summed E-state index contributed by atoms with van der Waals surface area (Å²) in [6, 6.07) is 0.174. The van der Waals surface area contributed by atoms with Gasteiger partial charge in [0.2, 0.25) is 5.91 Å². The van der Waals surface area contributed by atoms with E-state index in [0.717, 1.165) is 31.2 Å². The van der Waals surface area contributed by atoms with Gasteiger partial charge in [-0.2, -0.15) is 5.10 Å². The predicted octanol–water partition coefficient (Wildman–Crippen LogP) is 1.86. The van der Waals surface area contributed by atoms with E-state index in [2.05, 4.69) is 5.10 Å². The van der Waals surface area contributed by atoms with E-state index < -0.39 is 5.60 Å². The molecule has 0 bridgehead atoms. The van der Waals surface area contributed by atoms with Gasteiger partial charge in [0.1, 0.15) is 5.60 Å². The Morgan fingerprint density at radius 3 is 2.79 bits per heavy atom. The Morgan fingerprint density at radius 2 is 2.17 bits per heavy atom. The van der Waals surface area contributed by atoms with Crippen molar-refractivity contribution < 1.29 is 9.53 Å². The second-order valence-electron chi connectivity index (χ2n) is 6.87. The van der Waals surface area contributed by atoms with E-state index in [1.165, 1.54) is 0 Å². The molecule has 2 aliphatic rings. The highest BCUT2D eigenvalue weighted by atomic mass is 35.5. The third kappa shape index (κ3) is 4.42. The predicted molar refractivity (Wildman–Crippen MR) is 97.5 cm³/mol. The molecule has 3 unspecified atom stereocenters. The molecule has 1 aromatic rings. The van der Waals surface area contributed by atoms with Crippen LogP contribution >= 0.6 is 24.8 Å². The number of nitrogens with zero attached hydrogens (tertiary/aromatic N) is 3. The first-order chi connectivity index (χ1) is 10.5.